The number of anilines is 1. The maximum Gasteiger partial charge on any atom is 0.167 e. The molecule has 2 saturated heterocycles. The first-order valence-electron chi connectivity index (χ1n) is 9.94. The summed E-state index contributed by atoms with van der Waals surface area (Å²) in [4.78, 5) is 13.5. The van der Waals surface area contributed by atoms with E-state index in [9.17, 15) is 0 Å². The Hall–Kier alpha value is -2.21. The molecule has 2 aromatic heterocycles. The molecule has 0 aromatic carbocycles. The van der Waals surface area contributed by atoms with E-state index in [0.29, 0.717) is 18.1 Å². The van der Waals surface area contributed by atoms with Crippen LogP contribution in [0.15, 0.2) is 12.7 Å². The molecule has 4 atom stereocenters. The van der Waals surface area contributed by atoms with Crippen LogP contribution in [0, 0.1) is 12.3 Å². The number of hydrogen-bond donors (Lipinski definition) is 1. The molecule has 0 spiro atoms. The second-order valence-electron chi connectivity index (χ2n) is 8.21. The van der Waals surface area contributed by atoms with E-state index in [1.54, 1.807) is 12.7 Å². The number of aromatic nitrogens is 4. The van der Waals surface area contributed by atoms with Crippen molar-refractivity contribution in [3.63, 3.8) is 0 Å². The quantitative estimate of drug-likeness (QED) is 0.813. The van der Waals surface area contributed by atoms with Gasteiger partial charge >= 0.3 is 0 Å². The van der Waals surface area contributed by atoms with Gasteiger partial charge in [-0.15, -0.1) is 12.3 Å². The second-order valence-corrected chi connectivity index (χ2v) is 8.21. The first-order chi connectivity index (χ1) is 13.6. The van der Waals surface area contributed by atoms with Crippen molar-refractivity contribution in [3.05, 3.63) is 12.7 Å². The number of ether oxygens (including phenoxy) is 3. The van der Waals surface area contributed by atoms with Crippen molar-refractivity contribution < 1.29 is 14.2 Å². The lowest BCUT2D eigenvalue weighted by Crippen LogP contribution is -2.29. The lowest BCUT2D eigenvalue weighted by Gasteiger charge is -2.24. The molecule has 1 aliphatic carbocycles. The molecule has 8 nitrogen and oxygen atoms in total. The van der Waals surface area contributed by atoms with Crippen LogP contribution in [0.1, 0.15) is 52.2 Å². The smallest absolute Gasteiger partial charge is 0.167 e. The third kappa shape index (κ3) is 2.94. The SMILES string of the molecule is C#CC[C@H]1O[C@@H](n2cnc3c(NC4CCCC4)ncnc32)C2OC(C)(C)O[C@@H]21. The predicted molar refractivity (Wildman–Crippen MR) is 102 cm³/mol. The fourth-order valence-corrected chi connectivity index (χ4v) is 4.57. The zero-order chi connectivity index (χ0) is 19.3. The molecule has 2 aliphatic heterocycles. The van der Waals surface area contributed by atoms with Gasteiger partial charge in [0, 0.05) is 12.5 Å². The van der Waals surface area contributed by atoms with Crippen LogP contribution in [0.4, 0.5) is 5.82 Å². The topological polar surface area (TPSA) is 83.3 Å². The summed E-state index contributed by atoms with van der Waals surface area (Å²) in [5.74, 6) is 2.78. The van der Waals surface area contributed by atoms with E-state index in [1.807, 2.05) is 18.4 Å². The highest BCUT2D eigenvalue weighted by Gasteiger charge is 2.55. The highest BCUT2D eigenvalue weighted by Crippen LogP contribution is 2.44. The fraction of sp³-hybridized carbons (Fsp3) is 0.650. The van der Waals surface area contributed by atoms with Crippen molar-refractivity contribution in [2.24, 2.45) is 0 Å². The molecule has 0 radical (unpaired) electrons. The lowest BCUT2D eigenvalue weighted by molar-refractivity contribution is -0.195. The van der Waals surface area contributed by atoms with Gasteiger partial charge in [0.15, 0.2) is 29.0 Å². The Labute approximate surface area is 164 Å². The van der Waals surface area contributed by atoms with Gasteiger partial charge in [-0.3, -0.25) is 4.57 Å². The van der Waals surface area contributed by atoms with E-state index in [2.05, 4.69) is 26.2 Å². The van der Waals surface area contributed by atoms with Gasteiger partial charge in [-0.1, -0.05) is 12.8 Å². The van der Waals surface area contributed by atoms with Crippen molar-refractivity contribution in [3.8, 4) is 12.3 Å². The van der Waals surface area contributed by atoms with Gasteiger partial charge in [-0.05, 0) is 26.7 Å². The number of hydrogen-bond acceptors (Lipinski definition) is 7. The Morgan fingerprint density at radius 3 is 2.79 bits per heavy atom. The number of rotatable bonds is 4. The van der Waals surface area contributed by atoms with Crippen LogP contribution in [-0.2, 0) is 14.2 Å². The van der Waals surface area contributed by atoms with Gasteiger partial charge in [-0.25, -0.2) is 15.0 Å². The number of imidazole rings is 1. The molecule has 8 heteroatoms. The van der Waals surface area contributed by atoms with Crippen molar-refractivity contribution in [2.45, 2.75) is 82.3 Å². The summed E-state index contributed by atoms with van der Waals surface area (Å²) in [7, 11) is 0. The molecule has 0 amide bonds. The lowest BCUT2D eigenvalue weighted by atomic mass is 10.1. The van der Waals surface area contributed by atoms with Crippen LogP contribution in [0.2, 0.25) is 0 Å². The number of terminal acetylenes is 1. The molecular weight excluding hydrogens is 358 g/mol. The van der Waals surface area contributed by atoms with Crippen LogP contribution < -0.4 is 5.32 Å². The minimum Gasteiger partial charge on any atom is -0.365 e. The molecule has 1 saturated carbocycles. The molecule has 3 fully saturated rings. The monoisotopic (exact) mass is 383 g/mol. The number of fused-ring (bicyclic) bond motifs is 2. The molecule has 4 heterocycles. The Morgan fingerprint density at radius 2 is 2.00 bits per heavy atom. The molecule has 5 rings (SSSR count). The van der Waals surface area contributed by atoms with E-state index in [0.717, 1.165) is 24.2 Å². The largest absolute Gasteiger partial charge is 0.365 e. The molecule has 1 unspecified atom stereocenters. The summed E-state index contributed by atoms with van der Waals surface area (Å²) in [6.45, 7) is 3.82. The number of nitrogens with one attached hydrogen (secondary N) is 1. The fourth-order valence-electron chi connectivity index (χ4n) is 4.57. The van der Waals surface area contributed by atoms with E-state index >= 15 is 0 Å². The molecule has 1 N–H and O–H groups in total. The average Bonchev–Trinajstić information content (AvgIpc) is 3.41. The van der Waals surface area contributed by atoms with Gasteiger partial charge in [0.05, 0.1) is 6.33 Å². The zero-order valence-corrected chi connectivity index (χ0v) is 16.2. The Kier molecular flexibility index (Phi) is 4.27. The maximum absolute atomic E-state index is 6.24. The summed E-state index contributed by atoms with van der Waals surface area (Å²) in [5.41, 5.74) is 1.46. The van der Waals surface area contributed by atoms with E-state index in [1.165, 1.54) is 12.8 Å². The van der Waals surface area contributed by atoms with Crippen LogP contribution in [0.25, 0.3) is 11.2 Å². The molecule has 28 heavy (non-hydrogen) atoms. The first-order valence-corrected chi connectivity index (χ1v) is 9.94. The Balaban J connectivity index is 1.48. The third-order valence-corrected chi connectivity index (χ3v) is 5.77. The van der Waals surface area contributed by atoms with Gasteiger partial charge in [0.25, 0.3) is 0 Å². The normalized spacial score (nSPS) is 31.9. The molecule has 2 aromatic rings. The molecule has 3 aliphatic rings. The van der Waals surface area contributed by atoms with Crippen molar-refractivity contribution in [1.82, 2.24) is 19.5 Å². The van der Waals surface area contributed by atoms with Crippen LogP contribution in [0.3, 0.4) is 0 Å². The van der Waals surface area contributed by atoms with Gasteiger partial charge in [-0.2, -0.15) is 0 Å². The van der Waals surface area contributed by atoms with Crippen molar-refractivity contribution in [2.75, 3.05) is 5.32 Å². The molecular formula is C20H25N5O3. The van der Waals surface area contributed by atoms with Gasteiger partial charge in [0.2, 0.25) is 0 Å². The van der Waals surface area contributed by atoms with Crippen LogP contribution >= 0.6 is 0 Å². The van der Waals surface area contributed by atoms with Crippen LogP contribution in [0.5, 0.6) is 0 Å². The van der Waals surface area contributed by atoms with Gasteiger partial charge in [0.1, 0.15) is 24.6 Å². The first kappa shape index (κ1) is 17.9. The number of nitrogens with zero attached hydrogens (tertiary/aromatic N) is 4. The molecule has 0 bridgehead atoms. The highest BCUT2D eigenvalue weighted by molar-refractivity contribution is 5.82. The maximum atomic E-state index is 6.24. The van der Waals surface area contributed by atoms with Crippen LogP contribution in [-0.4, -0.2) is 49.7 Å². The molecule has 148 valence electrons. The summed E-state index contributed by atoms with van der Waals surface area (Å²) < 4.78 is 20.4. The van der Waals surface area contributed by atoms with E-state index in [-0.39, 0.29) is 18.3 Å². The summed E-state index contributed by atoms with van der Waals surface area (Å²) in [6.07, 6.45) is 13.0. The second kappa shape index (κ2) is 6.69. The zero-order valence-electron chi connectivity index (χ0n) is 16.2. The summed E-state index contributed by atoms with van der Waals surface area (Å²) >= 11 is 0. The third-order valence-electron chi connectivity index (χ3n) is 5.77. The minimum atomic E-state index is -0.676. The average molecular weight is 383 g/mol. The Bertz CT molecular complexity index is 914. The predicted octanol–water partition coefficient (Wildman–Crippen LogP) is 2.62. The van der Waals surface area contributed by atoms with Crippen molar-refractivity contribution >= 4 is 17.0 Å². The van der Waals surface area contributed by atoms with Crippen molar-refractivity contribution in [1.29, 1.82) is 0 Å². The highest BCUT2D eigenvalue weighted by atomic mass is 16.8. The standard InChI is InChI=1S/C20H25N5O3/c1-4-7-13-15-16(28-20(2,3)27-15)19(26-13)25-11-23-14-17(21-10-22-18(14)25)24-12-8-5-6-9-12/h1,10-13,15-16,19H,5-9H2,2-3H3,(H,21,22,24)/t13-,15-,16?,19-/m1/s1. The van der Waals surface area contributed by atoms with E-state index < -0.39 is 12.0 Å². The Morgan fingerprint density at radius 1 is 1.21 bits per heavy atom. The summed E-state index contributed by atoms with van der Waals surface area (Å²) in [5, 5.41) is 3.53. The van der Waals surface area contributed by atoms with E-state index in [4.69, 9.17) is 20.6 Å². The van der Waals surface area contributed by atoms with Gasteiger partial charge < -0.3 is 19.5 Å². The minimum absolute atomic E-state index is 0.216. The summed E-state index contributed by atoms with van der Waals surface area (Å²) in [6, 6.07) is 0.447.